The quantitative estimate of drug-likeness (QED) is 0.570. The first-order chi connectivity index (χ1) is 13.2. The summed E-state index contributed by atoms with van der Waals surface area (Å²) in [5.74, 6) is 2.68. The molecule has 3 aromatic heterocycles. The van der Waals surface area contributed by atoms with Crippen LogP contribution in [0.25, 0.3) is 10.9 Å². The van der Waals surface area contributed by atoms with Gasteiger partial charge in [-0.05, 0) is 38.0 Å². The van der Waals surface area contributed by atoms with Crippen molar-refractivity contribution < 1.29 is 0 Å². The van der Waals surface area contributed by atoms with Gasteiger partial charge in [0.1, 0.15) is 5.82 Å². The van der Waals surface area contributed by atoms with E-state index in [1.807, 2.05) is 29.4 Å². The van der Waals surface area contributed by atoms with Gasteiger partial charge in [0.2, 0.25) is 5.96 Å². The molecule has 1 aliphatic heterocycles. The standard InChI is InChI=1S/C19H22N8/c1-11(14-8-13-4-6-21-16(13)10-22-14)23-19-24-17(20)5-7-27(19)18-9-15(25-26-18)12-2-3-12/h4-6,8-12,21H,2-3,7,20H2,1H3,(H,23,24)(H,25,26). The number of pyridine rings is 1. The third-order valence-electron chi connectivity index (χ3n) is 5.10. The second-order valence-corrected chi connectivity index (χ2v) is 7.17. The fourth-order valence-corrected chi connectivity index (χ4v) is 3.35. The van der Waals surface area contributed by atoms with Gasteiger partial charge in [-0.2, -0.15) is 10.1 Å². The van der Waals surface area contributed by atoms with Gasteiger partial charge in [-0.25, -0.2) is 0 Å². The van der Waals surface area contributed by atoms with Gasteiger partial charge in [0.25, 0.3) is 0 Å². The van der Waals surface area contributed by atoms with Crippen molar-refractivity contribution in [3.8, 4) is 0 Å². The largest absolute Gasteiger partial charge is 0.384 e. The van der Waals surface area contributed by atoms with Crippen LogP contribution in [-0.4, -0.2) is 32.7 Å². The monoisotopic (exact) mass is 362 g/mol. The SMILES string of the molecule is CC(NC1=NC(N)=CCN1c1cc(C2CC2)[nH]n1)c1cc2cc[nH]c2cn1. The molecule has 0 spiro atoms. The number of anilines is 1. The number of fused-ring (bicyclic) bond motifs is 1. The Hall–Kier alpha value is -3.29. The molecular weight excluding hydrogens is 340 g/mol. The third-order valence-corrected chi connectivity index (χ3v) is 5.10. The number of aliphatic imine (C=N–C) groups is 1. The molecule has 0 radical (unpaired) electrons. The second-order valence-electron chi connectivity index (χ2n) is 7.17. The zero-order chi connectivity index (χ0) is 18.4. The number of aromatic amines is 2. The molecule has 0 saturated heterocycles. The zero-order valence-corrected chi connectivity index (χ0v) is 15.1. The molecule has 1 aliphatic carbocycles. The van der Waals surface area contributed by atoms with Gasteiger partial charge in [0, 0.05) is 35.8 Å². The van der Waals surface area contributed by atoms with Gasteiger partial charge in [-0.3, -0.25) is 15.0 Å². The molecule has 2 aliphatic rings. The van der Waals surface area contributed by atoms with Crippen molar-refractivity contribution in [1.82, 2.24) is 25.5 Å². The number of hydrogen-bond donors (Lipinski definition) is 4. The Labute approximate surface area is 156 Å². The van der Waals surface area contributed by atoms with E-state index in [2.05, 4.69) is 49.5 Å². The number of hydrogen-bond acceptors (Lipinski definition) is 6. The zero-order valence-electron chi connectivity index (χ0n) is 15.1. The van der Waals surface area contributed by atoms with Crippen LogP contribution in [0, 0.1) is 0 Å². The van der Waals surface area contributed by atoms with Crippen LogP contribution >= 0.6 is 0 Å². The van der Waals surface area contributed by atoms with Crippen molar-refractivity contribution in [1.29, 1.82) is 0 Å². The summed E-state index contributed by atoms with van der Waals surface area (Å²) >= 11 is 0. The molecule has 0 aromatic carbocycles. The van der Waals surface area contributed by atoms with Crippen LogP contribution in [0.2, 0.25) is 0 Å². The first kappa shape index (κ1) is 15.9. The number of aromatic nitrogens is 4. The summed E-state index contributed by atoms with van der Waals surface area (Å²) < 4.78 is 0. The maximum atomic E-state index is 5.96. The van der Waals surface area contributed by atoms with Crippen molar-refractivity contribution in [3.63, 3.8) is 0 Å². The summed E-state index contributed by atoms with van der Waals surface area (Å²) in [6.07, 6.45) is 8.14. The fraction of sp³-hybridized carbons (Fsp3) is 0.316. The topological polar surface area (TPSA) is 111 Å². The molecule has 1 saturated carbocycles. The van der Waals surface area contributed by atoms with E-state index in [0.717, 1.165) is 22.4 Å². The van der Waals surface area contributed by atoms with Crippen molar-refractivity contribution in [2.75, 3.05) is 11.4 Å². The van der Waals surface area contributed by atoms with E-state index in [4.69, 9.17) is 5.73 Å². The lowest BCUT2D eigenvalue weighted by Crippen LogP contribution is -2.45. The number of rotatable bonds is 4. The van der Waals surface area contributed by atoms with Gasteiger partial charge in [0.05, 0.1) is 23.4 Å². The van der Waals surface area contributed by atoms with Crippen LogP contribution in [0.5, 0.6) is 0 Å². The minimum absolute atomic E-state index is 0.0294. The minimum Gasteiger partial charge on any atom is -0.384 e. The van der Waals surface area contributed by atoms with Gasteiger partial charge in [-0.1, -0.05) is 0 Å². The van der Waals surface area contributed by atoms with Gasteiger partial charge in [-0.15, -0.1) is 0 Å². The van der Waals surface area contributed by atoms with E-state index in [9.17, 15) is 0 Å². The summed E-state index contributed by atoms with van der Waals surface area (Å²) in [7, 11) is 0. The molecule has 27 heavy (non-hydrogen) atoms. The molecule has 8 heteroatoms. The van der Waals surface area contributed by atoms with E-state index >= 15 is 0 Å². The molecule has 4 heterocycles. The maximum absolute atomic E-state index is 5.96. The van der Waals surface area contributed by atoms with E-state index in [-0.39, 0.29) is 6.04 Å². The first-order valence-corrected chi connectivity index (χ1v) is 9.24. The Balaban J connectivity index is 1.40. The van der Waals surface area contributed by atoms with Crippen molar-refractivity contribution in [3.05, 3.63) is 53.9 Å². The molecule has 1 atom stereocenters. The predicted molar refractivity (Wildman–Crippen MR) is 105 cm³/mol. The molecule has 5 N–H and O–H groups in total. The Bertz CT molecular complexity index is 1040. The Morgan fingerprint density at radius 2 is 2.22 bits per heavy atom. The van der Waals surface area contributed by atoms with Crippen LogP contribution < -0.4 is 16.0 Å². The molecular formula is C19H22N8. The van der Waals surface area contributed by atoms with Crippen molar-refractivity contribution in [2.24, 2.45) is 10.7 Å². The van der Waals surface area contributed by atoms with E-state index in [0.29, 0.717) is 24.2 Å². The maximum Gasteiger partial charge on any atom is 0.207 e. The van der Waals surface area contributed by atoms with Crippen LogP contribution in [-0.2, 0) is 0 Å². The number of nitrogens with one attached hydrogen (secondary N) is 3. The highest BCUT2D eigenvalue weighted by atomic mass is 15.4. The highest BCUT2D eigenvalue weighted by Gasteiger charge is 2.28. The average molecular weight is 362 g/mol. The van der Waals surface area contributed by atoms with Gasteiger partial charge >= 0.3 is 0 Å². The molecule has 1 unspecified atom stereocenters. The summed E-state index contributed by atoms with van der Waals surface area (Å²) in [6.45, 7) is 2.69. The van der Waals surface area contributed by atoms with Crippen LogP contribution in [0.3, 0.4) is 0 Å². The lowest BCUT2D eigenvalue weighted by atomic mass is 10.2. The predicted octanol–water partition coefficient (Wildman–Crippen LogP) is 2.49. The third kappa shape index (κ3) is 3.03. The molecule has 0 bridgehead atoms. The Morgan fingerprint density at radius 3 is 3.07 bits per heavy atom. The molecule has 5 rings (SSSR count). The smallest absolute Gasteiger partial charge is 0.207 e. The first-order valence-electron chi connectivity index (χ1n) is 9.24. The average Bonchev–Trinajstić information content (AvgIpc) is 3.21. The lowest BCUT2D eigenvalue weighted by molar-refractivity contribution is 0.679. The molecule has 138 valence electrons. The summed E-state index contributed by atoms with van der Waals surface area (Å²) in [5.41, 5.74) is 9.13. The lowest BCUT2D eigenvalue weighted by Gasteiger charge is -2.28. The van der Waals surface area contributed by atoms with E-state index in [1.165, 1.54) is 18.5 Å². The van der Waals surface area contributed by atoms with Crippen molar-refractivity contribution >= 4 is 22.7 Å². The van der Waals surface area contributed by atoms with Gasteiger partial charge in [0.15, 0.2) is 5.82 Å². The van der Waals surface area contributed by atoms with E-state index in [1.54, 1.807) is 0 Å². The Kier molecular flexibility index (Phi) is 3.63. The normalized spacial score (nSPS) is 18.3. The van der Waals surface area contributed by atoms with Gasteiger partial charge < -0.3 is 16.0 Å². The van der Waals surface area contributed by atoms with Crippen LogP contribution in [0.4, 0.5) is 5.82 Å². The highest BCUT2D eigenvalue weighted by Crippen LogP contribution is 2.40. The number of nitrogens with two attached hydrogens (primary N) is 1. The summed E-state index contributed by atoms with van der Waals surface area (Å²) in [5, 5.41) is 12.2. The molecule has 1 fully saturated rings. The van der Waals surface area contributed by atoms with Crippen LogP contribution in [0.1, 0.15) is 43.1 Å². The number of guanidine groups is 1. The van der Waals surface area contributed by atoms with E-state index < -0.39 is 0 Å². The second kappa shape index (κ2) is 6.15. The molecule has 8 nitrogen and oxygen atoms in total. The summed E-state index contributed by atoms with van der Waals surface area (Å²) in [4.78, 5) is 14.3. The summed E-state index contributed by atoms with van der Waals surface area (Å²) in [6, 6.07) is 6.20. The minimum atomic E-state index is -0.0294. The molecule has 3 aromatic rings. The highest BCUT2D eigenvalue weighted by molar-refractivity contribution is 5.97. The Morgan fingerprint density at radius 1 is 1.33 bits per heavy atom. The molecule has 0 amide bonds. The number of nitrogens with zero attached hydrogens (tertiary/aromatic N) is 4. The van der Waals surface area contributed by atoms with Crippen molar-refractivity contribution in [2.45, 2.75) is 31.7 Å². The van der Waals surface area contributed by atoms with Crippen LogP contribution in [0.15, 0.2) is 47.5 Å². The number of H-pyrrole nitrogens is 2. The fourth-order valence-electron chi connectivity index (χ4n) is 3.35.